The Kier molecular flexibility index (Phi) is 3.48. The molecule has 0 atom stereocenters. The number of anilines is 1. The molecule has 21 heavy (non-hydrogen) atoms. The standard InChI is InChI=1S/C18H17NO2/c1-3-21-14-7-5-13(6-8-14)11-16-15-10-12(2)4-9-17(15)19-18(16)20/h4-11H,3H2,1-2H3,(H,19,20)/b16-11+. The quantitative estimate of drug-likeness (QED) is 0.866. The summed E-state index contributed by atoms with van der Waals surface area (Å²) in [6.45, 7) is 4.63. The average Bonchev–Trinajstić information content (AvgIpc) is 2.77. The van der Waals surface area contributed by atoms with Gasteiger partial charge in [-0.05, 0) is 49.8 Å². The molecule has 0 saturated carbocycles. The highest BCUT2D eigenvalue weighted by molar-refractivity contribution is 6.34. The van der Waals surface area contributed by atoms with E-state index in [1.165, 1.54) is 0 Å². The van der Waals surface area contributed by atoms with Crippen molar-refractivity contribution in [2.24, 2.45) is 0 Å². The van der Waals surface area contributed by atoms with Crippen LogP contribution in [0.2, 0.25) is 0 Å². The molecule has 1 aliphatic heterocycles. The lowest BCUT2D eigenvalue weighted by Gasteiger charge is -2.03. The van der Waals surface area contributed by atoms with Crippen molar-refractivity contribution in [3.05, 3.63) is 59.2 Å². The second-order valence-electron chi connectivity index (χ2n) is 5.06. The SMILES string of the molecule is CCOc1ccc(/C=C2/C(=O)Nc3ccc(C)cc32)cc1. The van der Waals surface area contributed by atoms with Crippen LogP contribution in [0, 0.1) is 6.92 Å². The van der Waals surface area contributed by atoms with E-state index in [4.69, 9.17) is 4.74 Å². The molecule has 3 nitrogen and oxygen atoms in total. The average molecular weight is 279 g/mol. The Labute approximate surface area is 124 Å². The zero-order valence-electron chi connectivity index (χ0n) is 12.1. The molecular weight excluding hydrogens is 262 g/mol. The van der Waals surface area contributed by atoms with Crippen LogP contribution in [0.1, 0.15) is 23.6 Å². The van der Waals surface area contributed by atoms with Gasteiger partial charge in [-0.15, -0.1) is 0 Å². The number of hydrogen-bond donors (Lipinski definition) is 1. The Morgan fingerprint density at radius 1 is 1.14 bits per heavy atom. The van der Waals surface area contributed by atoms with Crippen LogP contribution in [-0.2, 0) is 4.79 Å². The van der Waals surface area contributed by atoms with E-state index in [-0.39, 0.29) is 5.91 Å². The molecule has 0 aliphatic carbocycles. The topological polar surface area (TPSA) is 38.3 Å². The van der Waals surface area contributed by atoms with Gasteiger partial charge in [-0.2, -0.15) is 0 Å². The van der Waals surface area contributed by atoms with Gasteiger partial charge in [-0.3, -0.25) is 4.79 Å². The predicted molar refractivity (Wildman–Crippen MR) is 85.3 cm³/mol. The molecule has 0 aromatic heterocycles. The summed E-state index contributed by atoms with van der Waals surface area (Å²) in [6.07, 6.45) is 1.91. The molecular formula is C18H17NO2. The second kappa shape index (κ2) is 5.44. The first-order chi connectivity index (χ1) is 10.2. The van der Waals surface area contributed by atoms with Crippen molar-refractivity contribution in [3.8, 4) is 5.75 Å². The van der Waals surface area contributed by atoms with Gasteiger partial charge in [0.2, 0.25) is 0 Å². The molecule has 1 heterocycles. The summed E-state index contributed by atoms with van der Waals surface area (Å²) in [5.41, 5.74) is 4.68. The smallest absolute Gasteiger partial charge is 0.256 e. The maximum atomic E-state index is 12.1. The molecule has 0 saturated heterocycles. The highest BCUT2D eigenvalue weighted by Gasteiger charge is 2.23. The van der Waals surface area contributed by atoms with Gasteiger partial charge in [-0.1, -0.05) is 23.8 Å². The Bertz CT molecular complexity index is 714. The third kappa shape index (κ3) is 2.68. The number of nitrogens with one attached hydrogen (secondary N) is 1. The number of ether oxygens (including phenoxy) is 1. The van der Waals surface area contributed by atoms with E-state index in [9.17, 15) is 4.79 Å². The Morgan fingerprint density at radius 2 is 1.90 bits per heavy atom. The lowest BCUT2D eigenvalue weighted by Crippen LogP contribution is -2.03. The van der Waals surface area contributed by atoms with E-state index in [1.54, 1.807) is 0 Å². The molecule has 3 rings (SSSR count). The summed E-state index contributed by atoms with van der Waals surface area (Å²) in [5, 5.41) is 2.89. The highest BCUT2D eigenvalue weighted by atomic mass is 16.5. The number of benzene rings is 2. The van der Waals surface area contributed by atoms with E-state index in [2.05, 4.69) is 5.32 Å². The van der Waals surface area contributed by atoms with Crippen molar-refractivity contribution < 1.29 is 9.53 Å². The molecule has 3 heteroatoms. The Balaban J connectivity index is 1.96. The van der Waals surface area contributed by atoms with Gasteiger partial charge in [0, 0.05) is 16.8 Å². The number of carbonyl (C=O) groups is 1. The minimum absolute atomic E-state index is 0.0514. The van der Waals surface area contributed by atoms with Crippen LogP contribution < -0.4 is 10.1 Å². The zero-order valence-corrected chi connectivity index (χ0v) is 12.1. The summed E-state index contributed by atoms with van der Waals surface area (Å²) < 4.78 is 5.42. The fourth-order valence-corrected chi connectivity index (χ4v) is 2.44. The van der Waals surface area contributed by atoms with Gasteiger partial charge in [0.25, 0.3) is 5.91 Å². The molecule has 0 fully saturated rings. The first-order valence-electron chi connectivity index (χ1n) is 7.04. The lowest BCUT2D eigenvalue weighted by atomic mass is 10.0. The fourth-order valence-electron chi connectivity index (χ4n) is 2.44. The number of rotatable bonds is 3. The van der Waals surface area contributed by atoms with E-state index in [0.717, 1.165) is 28.1 Å². The maximum Gasteiger partial charge on any atom is 0.256 e. The molecule has 1 N–H and O–H groups in total. The first-order valence-corrected chi connectivity index (χ1v) is 7.04. The molecule has 1 aliphatic rings. The van der Waals surface area contributed by atoms with E-state index < -0.39 is 0 Å². The van der Waals surface area contributed by atoms with Crippen molar-refractivity contribution >= 4 is 23.2 Å². The molecule has 0 bridgehead atoms. The van der Waals surface area contributed by atoms with Crippen molar-refractivity contribution in [1.29, 1.82) is 0 Å². The summed E-state index contributed by atoms with van der Waals surface area (Å²) in [5.74, 6) is 0.788. The van der Waals surface area contributed by atoms with Crippen molar-refractivity contribution in [3.63, 3.8) is 0 Å². The van der Waals surface area contributed by atoms with Crippen molar-refractivity contribution in [2.45, 2.75) is 13.8 Å². The van der Waals surface area contributed by atoms with Crippen LogP contribution >= 0.6 is 0 Å². The summed E-state index contributed by atoms with van der Waals surface area (Å²) in [7, 11) is 0. The Hall–Kier alpha value is -2.55. The third-order valence-corrected chi connectivity index (χ3v) is 3.46. The zero-order chi connectivity index (χ0) is 14.8. The monoisotopic (exact) mass is 279 g/mol. The fraction of sp³-hybridized carbons (Fsp3) is 0.167. The van der Waals surface area contributed by atoms with Crippen molar-refractivity contribution in [2.75, 3.05) is 11.9 Å². The molecule has 0 spiro atoms. The molecule has 0 unspecified atom stereocenters. The van der Waals surface area contributed by atoms with E-state index in [0.29, 0.717) is 12.2 Å². The van der Waals surface area contributed by atoms with Gasteiger partial charge >= 0.3 is 0 Å². The lowest BCUT2D eigenvalue weighted by molar-refractivity contribution is -0.110. The molecule has 1 amide bonds. The van der Waals surface area contributed by atoms with Gasteiger partial charge in [0.1, 0.15) is 5.75 Å². The van der Waals surface area contributed by atoms with E-state index >= 15 is 0 Å². The number of carbonyl (C=O) groups excluding carboxylic acids is 1. The third-order valence-electron chi connectivity index (χ3n) is 3.46. The Morgan fingerprint density at radius 3 is 2.62 bits per heavy atom. The van der Waals surface area contributed by atoms with Crippen LogP contribution in [0.4, 0.5) is 5.69 Å². The molecule has 2 aromatic rings. The van der Waals surface area contributed by atoms with Crippen LogP contribution in [0.3, 0.4) is 0 Å². The molecule has 0 radical (unpaired) electrons. The second-order valence-corrected chi connectivity index (χ2v) is 5.06. The normalized spacial score (nSPS) is 15.0. The molecule has 106 valence electrons. The van der Waals surface area contributed by atoms with Gasteiger partial charge in [0.05, 0.1) is 6.61 Å². The molecule has 2 aromatic carbocycles. The van der Waals surface area contributed by atoms with Crippen molar-refractivity contribution in [1.82, 2.24) is 0 Å². The largest absolute Gasteiger partial charge is 0.494 e. The summed E-state index contributed by atoms with van der Waals surface area (Å²) in [6, 6.07) is 13.7. The van der Waals surface area contributed by atoms with Gasteiger partial charge in [-0.25, -0.2) is 0 Å². The van der Waals surface area contributed by atoms with E-state index in [1.807, 2.05) is 62.4 Å². The highest BCUT2D eigenvalue weighted by Crippen LogP contribution is 2.33. The van der Waals surface area contributed by atoms with Gasteiger partial charge in [0.15, 0.2) is 0 Å². The van der Waals surface area contributed by atoms with Crippen LogP contribution in [0.15, 0.2) is 42.5 Å². The number of amides is 1. The van der Waals surface area contributed by atoms with Crippen LogP contribution in [0.25, 0.3) is 11.6 Å². The number of hydrogen-bond acceptors (Lipinski definition) is 2. The van der Waals surface area contributed by atoms with Gasteiger partial charge < -0.3 is 10.1 Å². The predicted octanol–water partition coefficient (Wildman–Crippen LogP) is 3.89. The number of aryl methyl sites for hydroxylation is 1. The van der Waals surface area contributed by atoms with Crippen LogP contribution in [-0.4, -0.2) is 12.5 Å². The van der Waals surface area contributed by atoms with Crippen LogP contribution in [0.5, 0.6) is 5.75 Å². The summed E-state index contributed by atoms with van der Waals surface area (Å²) in [4.78, 5) is 12.1. The summed E-state index contributed by atoms with van der Waals surface area (Å²) >= 11 is 0. The number of fused-ring (bicyclic) bond motifs is 1. The minimum Gasteiger partial charge on any atom is -0.494 e. The first kappa shape index (κ1) is 13.4. The maximum absolute atomic E-state index is 12.1. The minimum atomic E-state index is -0.0514.